The quantitative estimate of drug-likeness (QED) is 0.749. The van der Waals surface area contributed by atoms with Crippen LogP contribution in [0.1, 0.15) is 24.6 Å². The molecule has 0 saturated heterocycles. The Balaban J connectivity index is 2.32. The summed E-state index contributed by atoms with van der Waals surface area (Å²) in [5.74, 6) is 1.00. The molecule has 2 N–H and O–H groups in total. The van der Waals surface area contributed by atoms with E-state index in [-0.39, 0.29) is 12.5 Å². The molecule has 0 aliphatic rings. The van der Waals surface area contributed by atoms with Gasteiger partial charge in [-0.2, -0.15) is 11.8 Å². The van der Waals surface area contributed by atoms with Crippen molar-refractivity contribution in [3.05, 3.63) is 22.4 Å². The molecule has 0 saturated carbocycles. The summed E-state index contributed by atoms with van der Waals surface area (Å²) in [5.41, 5.74) is -0.969. The van der Waals surface area contributed by atoms with E-state index in [4.69, 9.17) is 0 Å². The van der Waals surface area contributed by atoms with E-state index in [0.717, 1.165) is 17.1 Å². The molecule has 3 nitrogen and oxygen atoms in total. The average Bonchev–Trinajstić information content (AvgIpc) is 2.81. The Labute approximate surface area is 111 Å². The molecular formula is C12H19NO2S2. The van der Waals surface area contributed by atoms with Crippen molar-refractivity contribution in [3.8, 4) is 0 Å². The smallest absolute Gasteiger partial charge is 0.220 e. The van der Waals surface area contributed by atoms with Gasteiger partial charge in [-0.05, 0) is 36.8 Å². The Morgan fingerprint density at radius 2 is 2.41 bits per heavy atom. The third kappa shape index (κ3) is 5.10. The second-order valence-electron chi connectivity index (χ2n) is 4.12. The zero-order valence-corrected chi connectivity index (χ0v) is 11.9. The summed E-state index contributed by atoms with van der Waals surface area (Å²) in [7, 11) is 0. The molecule has 1 rings (SSSR count). The number of carbonyl (C=O) groups excluding carboxylic acids is 1. The van der Waals surface area contributed by atoms with E-state index < -0.39 is 5.60 Å². The van der Waals surface area contributed by atoms with Crippen molar-refractivity contribution < 1.29 is 9.90 Å². The van der Waals surface area contributed by atoms with Gasteiger partial charge in [-0.25, -0.2) is 0 Å². The first-order chi connectivity index (χ1) is 8.06. The number of amides is 1. The minimum atomic E-state index is -0.969. The van der Waals surface area contributed by atoms with Crippen molar-refractivity contribution in [1.82, 2.24) is 5.32 Å². The first-order valence-corrected chi connectivity index (χ1v) is 7.85. The van der Waals surface area contributed by atoms with Crippen LogP contribution in [0.15, 0.2) is 17.5 Å². The van der Waals surface area contributed by atoms with E-state index >= 15 is 0 Å². The number of carbonyl (C=O) groups is 1. The van der Waals surface area contributed by atoms with E-state index in [0.29, 0.717) is 6.42 Å². The van der Waals surface area contributed by atoms with Crippen LogP contribution in [0, 0.1) is 0 Å². The monoisotopic (exact) mass is 273 g/mol. The molecule has 1 amide bonds. The molecule has 1 unspecified atom stereocenters. The van der Waals surface area contributed by atoms with E-state index in [1.165, 1.54) is 11.3 Å². The summed E-state index contributed by atoms with van der Waals surface area (Å²) in [5, 5.41) is 14.9. The Morgan fingerprint density at radius 1 is 1.65 bits per heavy atom. The Hall–Kier alpha value is -0.520. The molecule has 0 aliphatic carbocycles. The molecule has 5 heteroatoms. The fraction of sp³-hybridized carbons (Fsp3) is 0.583. The van der Waals surface area contributed by atoms with Gasteiger partial charge in [0.1, 0.15) is 5.60 Å². The molecule has 0 radical (unpaired) electrons. The number of rotatable bonds is 7. The zero-order chi connectivity index (χ0) is 12.7. The maximum atomic E-state index is 11.5. The Morgan fingerprint density at radius 3 is 3.00 bits per heavy atom. The minimum Gasteiger partial charge on any atom is -0.383 e. The lowest BCUT2D eigenvalue weighted by Crippen LogP contribution is -2.38. The lowest BCUT2D eigenvalue weighted by molar-refractivity contribution is -0.122. The van der Waals surface area contributed by atoms with Crippen LogP contribution >= 0.6 is 23.1 Å². The standard InChI is InChI=1S/C12H19NO2S2/c1-12(15,10-5-3-8-17-10)9-13-11(14)6-4-7-16-2/h3,5,8,15H,4,6-7,9H2,1-2H3,(H,13,14). The second kappa shape index (κ2) is 7.03. The highest BCUT2D eigenvalue weighted by Crippen LogP contribution is 2.24. The molecule has 0 fully saturated rings. The molecule has 0 bridgehead atoms. The van der Waals surface area contributed by atoms with Crippen LogP contribution in [0.5, 0.6) is 0 Å². The number of nitrogens with one attached hydrogen (secondary N) is 1. The Kier molecular flexibility index (Phi) is 6.02. The molecule has 0 aliphatic heterocycles. The molecule has 0 spiro atoms. The zero-order valence-electron chi connectivity index (χ0n) is 10.2. The van der Waals surface area contributed by atoms with Gasteiger partial charge in [-0.3, -0.25) is 4.79 Å². The van der Waals surface area contributed by atoms with Gasteiger partial charge in [0.25, 0.3) is 0 Å². The summed E-state index contributed by atoms with van der Waals surface area (Å²) >= 11 is 3.24. The van der Waals surface area contributed by atoms with Crippen LogP contribution in [-0.2, 0) is 10.4 Å². The summed E-state index contributed by atoms with van der Waals surface area (Å²) in [4.78, 5) is 12.4. The molecule has 1 aromatic heterocycles. The summed E-state index contributed by atoms with van der Waals surface area (Å²) < 4.78 is 0. The summed E-state index contributed by atoms with van der Waals surface area (Å²) in [6, 6.07) is 3.78. The predicted molar refractivity (Wildman–Crippen MR) is 74.5 cm³/mol. The fourth-order valence-corrected chi connectivity index (χ4v) is 2.63. The van der Waals surface area contributed by atoms with E-state index in [1.54, 1.807) is 18.7 Å². The van der Waals surface area contributed by atoms with E-state index in [9.17, 15) is 9.90 Å². The van der Waals surface area contributed by atoms with E-state index in [1.807, 2.05) is 23.8 Å². The van der Waals surface area contributed by atoms with Crippen LogP contribution in [0.4, 0.5) is 0 Å². The Bertz CT molecular complexity index is 336. The maximum absolute atomic E-state index is 11.5. The van der Waals surface area contributed by atoms with E-state index in [2.05, 4.69) is 5.32 Å². The molecule has 0 aromatic carbocycles. The van der Waals surface area contributed by atoms with Crippen molar-refractivity contribution in [3.63, 3.8) is 0 Å². The molecule has 17 heavy (non-hydrogen) atoms. The fourth-order valence-electron chi connectivity index (χ4n) is 1.41. The van der Waals surface area contributed by atoms with Gasteiger partial charge < -0.3 is 10.4 Å². The van der Waals surface area contributed by atoms with Crippen LogP contribution in [0.3, 0.4) is 0 Å². The largest absolute Gasteiger partial charge is 0.383 e. The lowest BCUT2D eigenvalue weighted by atomic mass is 10.1. The SMILES string of the molecule is CSCCCC(=O)NCC(C)(O)c1cccs1. The number of hydrogen-bond acceptors (Lipinski definition) is 4. The lowest BCUT2D eigenvalue weighted by Gasteiger charge is -2.22. The third-order valence-corrected chi connectivity index (χ3v) is 4.25. The number of hydrogen-bond donors (Lipinski definition) is 2. The number of thiophene rings is 1. The van der Waals surface area contributed by atoms with Gasteiger partial charge >= 0.3 is 0 Å². The second-order valence-corrected chi connectivity index (χ2v) is 6.06. The highest BCUT2D eigenvalue weighted by atomic mass is 32.2. The predicted octanol–water partition coefficient (Wildman–Crippen LogP) is 2.21. The highest BCUT2D eigenvalue weighted by molar-refractivity contribution is 7.98. The first kappa shape index (κ1) is 14.5. The van der Waals surface area contributed by atoms with Crippen molar-refractivity contribution in [2.45, 2.75) is 25.4 Å². The minimum absolute atomic E-state index is 0.0101. The van der Waals surface area contributed by atoms with Crippen LogP contribution in [0.2, 0.25) is 0 Å². The summed E-state index contributed by atoms with van der Waals surface area (Å²) in [6.07, 6.45) is 3.44. The topological polar surface area (TPSA) is 49.3 Å². The number of thioether (sulfide) groups is 1. The van der Waals surface area contributed by atoms with Crippen molar-refractivity contribution in [2.75, 3.05) is 18.6 Å². The van der Waals surface area contributed by atoms with Gasteiger partial charge in [0.15, 0.2) is 0 Å². The van der Waals surface area contributed by atoms with Gasteiger partial charge in [-0.1, -0.05) is 6.07 Å². The van der Waals surface area contributed by atoms with Gasteiger partial charge in [-0.15, -0.1) is 11.3 Å². The molecule has 1 atom stereocenters. The van der Waals surface area contributed by atoms with Gasteiger partial charge in [0, 0.05) is 11.3 Å². The third-order valence-electron chi connectivity index (χ3n) is 2.43. The molecule has 1 aromatic rings. The molecule has 1 heterocycles. The molecule has 96 valence electrons. The van der Waals surface area contributed by atoms with Crippen LogP contribution in [0.25, 0.3) is 0 Å². The van der Waals surface area contributed by atoms with Crippen LogP contribution in [-0.4, -0.2) is 29.6 Å². The average molecular weight is 273 g/mol. The van der Waals surface area contributed by atoms with Crippen molar-refractivity contribution >= 4 is 29.0 Å². The van der Waals surface area contributed by atoms with Crippen LogP contribution < -0.4 is 5.32 Å². The maximum Gasteiger partial charge on any atom is 0.220 e. The summed E-state index contributed by atoms with van der Waals surface area (Å²) in [6.45, 7) is 1.99. The number of aliphatic hydroxyl groups is 1. The van der Waals surface area contributed by atoms with Crippen molar-refractivity contribution in [1.29, 1.82) is 0 Å². The van der Waals surface area contributed by atoms with Crippen molar-refractivity contribution in [2.24, 2.45) is 0 Å². The normalized spacial score (nSPS) is 14.3. The first-order valence-electron chi connectivity index (χ1n) is 5.58. The molecular weight excluding hydrogens is 254 g/mol. The highest BCUT2D eigenvalue weighted by Gasteiger charge is 2.24. The van der Waals surface area contributed by atoms with Gasteiger partial charge in [0.2, 0.25) is 5.91 Å². The van der Waals surface area contributed by atoms with Gasteiger partial charge in [0.05, 0.1) is 6.54 Å².